The summed E-state index contributed by atoms with van der Waals surface area (Å²) in [6, 6.07) is 3.42. The van der Waals surface area contributed by atoms with Gasteiger partial charge in [0.15, 0.2) is 0 Å². The Kier molecular flexibility index (Phi) is 5.80. The molecule has 1 aliphatic heterocycles. The molecule has 1 fully saturated rings. The molecule has 0 saturated carbocycles. The number of piperidine rings is 1. The van der Waals surface area contributed by atoms with E-state index in [0.29, 0.717) is 6.54 Å². The van der Waals surface area contributed by atoms with Gasteiger partial charge in [-0.2, -0.15) is 0 Å². The highest BCUT2D eigenvalue weighted by molar-refractivity contribution is 5.74. The van der Waals surface area contributed by atoms with E-state index in [9.17, 15) is 4.79 Å². The number of aliphatic hydroxyl groups excluding tert-OH is 1. The monoisotopic (exact) mass is 292 g/mol. The Labute approximate surface area is 125 Å². The number of rotatable bonds is 5. The van der Waals surface area contributed by atoms with Gasteiger partial charge in [-0.3, -0.25) is 0 Å². The number of carbonyl (C=O) groups excluding carboxylic acids is 1. The third-order valence-corrected chi connectivity index (χ3v) is 3.59. The minimum absolute atomic E-state index is 0.0677. The summed E-state index contributed by atoms with van der Waals surface area (Å²) in [7, 11) is 0. The number of nitrogens with one attached hydrogen (secondary N) is 2. The zero-order chi connectivity index (χ0) is 15.1. The SMILES string of the molecule is CC(CO)NC(=O)NCc1ccnc(N2CCCCC2)c1. The molecule has 1 aromatic rings. The summed E-state index contributed by atoms with van der Waals surface area (Å²) >= 11 is 0. The standard InChI is InChI=1S/C15H24N4O2/c1-12(11-20)18-15(21)17-10-13-5-6-16-14(9-13)19-7-3-2-4-8-19/h5-6,9,12,20H,2-4,7-8,10-11H2,1H3,(H2,17,18,21). The summed E-state index contributed by atoms with van der Waals surface area (Å²) < 4.78 is 0. The zero-order valence-electron chi connectivity index (χ0n) is 12.5. The largest absolute Gasteiger partial charge is 0.394 e. The van der Waals surface area contributed by atoms with Crippen LogP contribution in [0, 0.1) is 0 Å². The van der Waals surface area contributed by atoms with E-state index in [1.807, 2.05) is 12.1 Å². The zero-order valence-corrected chi connectivity index (χ0v) is 12.5. The molecule has 1 atom stereocenters. The second kappa shape index (κ2) is 7.83. The van der Waals surface area contributed by atoms with E-state index >= 15 is 0 Å². The molecule has 1 aromatic heterocycles. The van der Waals surface area contributed by atoms with Crippen molar-refractivity contribution in [3.63, 3.8) is 0 Å². The number of anilines is 1. The summed E-state index contributed by atoms with van der Waals surface area (Å²) in [6.45, 7) is 4.24. The van der Waals surface area contributed by atoms with Crippen molar-refractivity contribution >= 4 is 11.8 Å². The molecule has 3 N–H and O–H groups in total. The van der Waals surface area contributed by atoms with E-state index in [4.69, 9.17) is 5.11 Å². The molecule has 1 aliphatic rings. The van der Waals surface area contributed by atoms with Gasteiger partial charge in [-0.05, 0) is 43.9 Å². The van der Waals surface area contributed by atoms with Crippen LogP contribution < -0.4 is 15.5 Å². The van der Waals surface area contributed by atoms with Crippen LogP contribution in [0.5, 0.6) is 0 Å². The maximum Gasteiger partial charge on any atom is 0.315 e. The van der Waals surface area contributed by atoms with Crippen LogP contribution in [0.15, 0.2) is 18.3 Å². The van der Waals surface area contributed by atoms with Crippen LogP contribution in [0.4, 0.5) is 10.6 Å². The molecule has 6 heteroatoms. The Morgan fingerprint density at radius 1 is 1.43 bits per heavy atom. The van der Waals surface area contributed by atoms with Gasteiger partial charge in [-0.25, -0.2) is 9.78 Å². The average molecular weight is 292 g/mol. The smallest absolute Gasteiger partial charge is 0.315 e. The molecular weight excluding hydrogens is 268 g/mol. The van der Waals surface area contributed by atoms with E-state index in [1.165, 1.54) is 19.3 Å². The van der Waals surface area contributed by atoms with Crippen molar-refractivity contribution in [2.45, 2.75) is 38.8 Å². The van der Waals surface area contributed by atoms with E-state index in [-0.39, 0.29) is 18.7 Å². The molecule has 0 aliphatic carbocycles. The summed E-state index contributed by atoms with van der Waals surface area (Å²) in [5, 5.41) is 14.3. The predicted molar refractivity (Wildman–Crippen MR) is 82.2 cm³/mol. The fraction of sp³-hybridized carbons (Fsp3) is 0.600. The van der Waals surface area contributed by atoms with Crippen molar-refractivity contribution in [1.29, 1.82) is 0 Å². The summed E-state index contributed by atoms with van der Waals surface area (Å²) in [6.07, 6.45) is 5.51. The van der Waals surface area contributed by atoms with Crippen molar-refractivity contribution in [2.75, 3.05) is 24.6 Å². The second-order valence-electron chi connectivity index (χ2n) is 5.48. The lowest BCUT2D eigenvalue weighted by molar-refractivity contribution is 0.220. The maximum absolute atomic E-state index is 11.6. The van der Waals surface area contributed by atoms with Gasteiger partial charge in [-0.15, -0.1) is 0 Å². The Morgan fingerprint density at radius 2 is 2.19 bits per heavy atom. The number of aromatic nitrogens is 1. The number of hydrogen-bond acceptors (Lipinski definition) is 4. The summed E-state index contributed by atoms with van der Waals surface area (Å²) in [4.78, 5) is 18.3. The minimum Gasteiger partial charge on any atom is -0.394 e. The molecule has 1 unspecified atom stereocenters. The lowest BCUT2D eigenvalue weighted by atomic mass is 10.1. The van der Waals surface area contributed by atoms with Crippen LogP contribution in [0.2, 0.25) is 0 Å². The van der Waals surface area contributed by atoms with Crippen LogP contribution in [-0.2, 0) is 6.54 Å². The molecule has 2 heterocycles. The number of pyridine rings is 1. The number of urea groups is 1. The fourth-order valence-corrected chi connectivity index (χ4v) is 2.37. The first-order valence-corrected chi connectivity index (χ1v) is 7.54. The Balaban J connectivity index is 1.87. The first-order chi connectivity index (χ1) is 10.2. The molecule has 6 nitrogen and oxygen atoms in total. The number of aliphatic hydroxyl groups is 1. The molecule has 116 valence electrons. The van der Waals surface area contributed by atoms with Crippen LogP contribution in [-0.4, -0.2) is 41.9 Å². The Morgan fingerprint density at radius 3 is 2.90 bits per heavy atom. The highest BCUT2D eigenvalue weighted by Crippen LogP contribution is 2.18. The Hall–Kier alpha value is -1.82. The molecule has 1 saturated heterocycles. The molecule has 2 amide bonds. The number of amides is 2. The van der Waals surface area contributed by atoms with Gasteiger partial charge in [0.25, 0.3) is 0 Å². The topological polar surface area (TPSA) is 77.5 Å². The highest BCUT2D eigenvalue weighted by atomic mass is 16.3. The summed E-state index contributed by atoms with van der Waals surface area (Å²) in [5.74, 6) is 0.984. The van der Waals surface area contributed by atoms with E-state index < -0.39 is 0 Å². The lowest BCUT2D eigenvalue weighted by Gasteiger charge is -2.27. The fourth-order valence-electron chi connectivity index (χ4n) is 2.37. The third-order valence-electron chi connectivity index (χ3n) is 3.59. The van der Waals surface area contributed by atoms with E-state index in [2.05, 4.69) is 20.5 Å². The number of hydrogen-bond donors (Lipinski definition) is 3. The predicted octanol–water partition coefficient (Wildman–Crippen LogP) is 1.25. The van der Waals surface area contributed by atoms with E-state index in [0.717, 1.165) is 24.5 Å². The Bertz CT molecular complexity index is 461. The summed E-state index contributed by atoms with van der Waals surface area (Å²) in [5.41, 5.74) is 1.03. The molecule has 0 aromatic carbocycles. The first-order valence-electron chi connectivity index (χ1n) is 7.54. The molecular formula is C15H24N4O2. The highest BCUT2D eigenvalue weighted by Gasteiger charge is 2.12. The minimum atomic E-state index is -0.270. The molecule has 0 radical (unpaired) electrons. The van der Waals surface area contributed by atoms with Gasteiger partial charge in [0, 0.05) is 25.8 Å². The van der Waals surface area contributed by atoms with Gasteiger partial charge < -0.3 is 20.6 Å². The first kappa shape index (κ1) is 15.6. The van der Waals surface area contributed by atoms with Crippen molar-refractivity contribution in [3.8, 4) is 0 Å². The van der Waals surface area contributed by atoms with Gasteiger partial charge >= 0.3 is 6.03 Å². The number of nitrogens with zero attached hydrogens (tertiary/aromatic N) is 2. The van der Waals surface area contributed by atoms with Gasteiger partial charge in [0.1, 0.15) is 5.82 Å². The lowest BCUT2D eigenvalue weighted by Crippen LogP contribution is -2.42. The van der Waals surface area contributed by atoms with Gasteiger partial charge in [-0.1, -0.05) is 0 Å². The molecule has 0 spiro atoms. The maximum atomic E-state index is 11.6. The van der Waals surface area contributed by atoms with Crippen LogP contribution in [0.25, 0.3) is 0 Å². The molecule has 0 bridgehead atoms. The second-order valence-corrected chi connectivity index (χ2v) is 5.48. The van der Waals surface area contributed by atoms with Crippen molar-refractivity contribution < 1.29 is 9.90 Å². The number of carbonyl (C=O) groups is 1. The van der Waals surface area contributed by atoms with Crippen molar-refractivity contribution in [2.24, 2.45) is 0 Å². The van der Waals surface area contributed by atoms with Crippen LogP contribution in [0.1, 0.15) is 31.7 Å². The van der Waals surface area contributed by atoms with Gasteiger partial charge in [0.05, 0.1) is 12.6 Å². The molecule has 2 rings (SSSR count). The normalized spacial score (nSPS) is 16.4. The van der Waals surface area contributed by atoms with Crippen molar-refractivity contribution in [3.05, 3.63) is 23.9 Å². The third kappa shape index (κ3) is 4.90. The van der Waals surface area contributed by atoms with Crippen LogP contribution in [0.3, 0.4) is 0 Å². The quantitative estimate of drug-likeness (QED) is 0.763. The van der Waals surface area contributed by atoms with Gasteiger partial charge in [0.2, 0.25) is 0 Å². The van der Waals surface area contributed by atoms with Crippen molar-refractivity contribution in [1.82, 2.24) is 15.6 Å². The average Bonchev–Trinajstić information content (AvgIpc) is 2.54. The molecule has 21 heavy (non-hydrogen) atoms. The van der Waals surface area contributed by atoms with Crippen LogP contribution >= 0.6 is 0 Å². The van der Waals surface area contributed by atoms with E-state index in [1.54, 1.807) is 13.1 Å².